The highest BCUT2D eigenvalue weighted by Crippen LogP contribution is 2.23. The number of hydrogen-bond acceptors (Lipinski definition) is 3. The fourth-order valence-corrected chi connectivity index (χ4v) is 3.87. The van der Waals surface area contributed by atoms with Crippen LogP contribution >= 0.6 is 0 Å². The second-order valence-corrected chi connectivity index (χ2v) is 7.38. The second-order valence-electron chi connectivity index (χ2n) is 7.38. The van der Waals surface area contributed by atoms with Crippen molar-refractivity contribution in [2.45, 2.75) is 38.8 Å². The van der Waals surface area contributed by atoms with Crippen molar-refractivity contribution in [1.29, 1.82) is 0 Å². The van der Waals surface area contributed by atoms with E-state index in [9.17, 15) is 9.59 Å². The number of aromatic amines is 1. The molecule has 3 aromatic rings. The minimum absolute atomic E-state index is 0.0161. The van der Waals surface area contributed by atoms with E-state index in [-0.39, 0.29) is 17.9 Å². The third-order valence-electron chi connectivity index (χ3n) is 5.36. The summed E-state index contributed by atoms with van der Waals surface area (Å²) < 4.78 is 0. The zero-order valence-electron chi connectivity index (χ0n) is 15.9. The van der Waals surface area contributed by atoms with Gasteiger partial charge in [0.2, 0.25) is 11.8 Å². The van der Waals surface area contributed by atoms with E-state index in [1.54, 1.807) is 12.4 Å². The number of nitrogens with zero attached hydrogens (tertiary/aromatic N) is 2. The zero-order valence-corrected chi connectivity index (χ0v) is 15.9. The van der Waals surface area contributed by atoms with Crippen molar-refractivity contribution in [3.05, 3.63) is 65.6 Å². The Balaban J connectivity index is 1.56. The first-order valence-corrected chi connectivity index (χ1v) is 9.62. The van der Waals surface area contributed by atoms with E-state index in [0.29, 0.717) is 25.9 Å². The summed E-state index contributed by atoms with van der Waals surface area (Å²) in [6.45, 7) is 3.04. The molecule has 0 spiro atoms. The summed E-state index contributed by atoms with van der Waals surface area (Å²) >= 11 is 0. The number of aromatic nitrogens is 2. The number of hydrogen-bond donors (Lipinski definition) is 2. The van der Waals surface area contributed by atoms with Crippen molar-refractivity contribution in [2.75, 3.05) is 6.54 Å². The van der Waals surface area contributed by atoms with Gasteiger partial charge in [-0.1, -0.05) is 18.2 Å². The molecule has 2 amide bonds. The molecular weight excluding hydrogens is 352 g/mol. The number of aryl methyl sites for hydroxylation is 1. The SMILES string of the molecule is Cc1[nH]c2ccccc2c1CC(=O)N(Cc1ccncc1)C[C@@H]1CCC(=O)N1. The number of rotatable bonds is 6. The van der Waals surface area contributed by atoms with Crippen LogP contribution in [0.1, 0.15) is 29.7 Å². The molecule has 1 fully saturated rings. The van der Waals surface area contributed by atoms with Crippen molar-refractivity contribution in [2.24, 2.45) is 0 Å². The molecule has 0 saturated carbocycles. The van der Waals surface area contributed by atoms with E-state index in [2.05, 4.69) is 15.3 Å². The van der Waals surface area contributed by atoms with Gasteiger partial charge in [0, 0.05) is 54.5 Å². The van der Waals surface area contributed by atoms with Gasteiger partial charge in [0.15, 0.2) is 0 Å². The quantitative estimate of drug-likeness (QED) is 0.694. The van der Waals surface area contributed by atoms with E-state index in [1.165, 1.54) is 0 Å². The standard InChI is InChI=1S/C22H24N4O2/c1-15-19(18-4-2-3-5-20(18)24-15)12-22(28)26(13-16-8-10-23-11-9-16)14-17-6-7-21(27)25-17/h2-5,8-11,17,24H,6-7,12-14H2,1H3,(H,25,27)/t17-/m0/s1. The topological polar surface area (TPSA) is 78.1 Å². The first-order valence-electron chi connectivity index (χ1n) is 9.62. The monoisotopic (exact) mass is 376 g/mol. The summed E-state index contributed by atoms with van der Waals surface area (Å²) in [4.78, 5) is 34.1. The Bertz CT molecular complexity index is 996. The Kier molecular flexibility index (Phi) is 5.10. The van der Waals surface area contributed by atoms with Gasteiger partial charge in [-0.2, -0.15) is 0 Å². The minimum Gasteiger partial charge on any atom is -0.358 e. The molecule has 1 aliphatic rings. The highest BCUT2D eigenvalue weighted by atomic mass is 16.2. The maximum atomic E-state index is 13.3. The number of amides is 2. The van der Waals surface area contributed by atoms with E-state index in [4.69, 9.17) is 0 Å². The summed E-state index contributed by atoms with van der Waals surface area (Å²) in [7, 11) is 0. The van der Waals surface area contributed by atoms with Crippen LogP contribution in [0.25, 0.3) is 10.9 Å². The fourth-order valence-electron chi connectivity index (χ4n) is 3.87. The van der Waals surface area contributed by atoms with Crippen LogP contribution in [-0.2, 0) is 22.6 Å². The van der Waals surface area contributed by atoms with Crippen molar-refractivity contribution in [3.8, 4) is 0 Å². The molecule has 6 heteroatoms. The van der Waals surface area contributed by atoms with Crippen LogP contribution in [0.4, 0.5) is 0 Å². The fraction of sp³-hybridized carbons (Fsp3) is 0.318. The first-order chi connectivity index (χ1) is 13.6. The van der Waals surface area contributed by atoms with Crippen molar-refractivity contribution < 1.29 is 9.59 Å². The summed E-state index contributed by atoms with van der Waals surface area (Å²) in [6, 6.07) is 11.9. The van der Waals surface area contributed by atoms with E-state index in [0.717, 1.165) is 34.1 Å². The number of para-hydroxylation sites is 1. The van der Waals surface area contributed by atoms with Gasteiger partial charge in [-0.3, -0.25) is 14.6 Å². The molecule has 0 bridgehead atoms. The third-order valence-corrected chi connectivity index (χ3v) is 5.36. The average Bonchev–Trinajstić information content (AvgIpc) is 3.25. The van der Waals surface area contributed by atoms with Gasteiger partial charge in [-0.25, -0.2) is 0 Å². The highest BCUT2D eigenvalue weighted by Gasteiger charge is 2.26. The Labute approximate surface area is 164 Å². The summed E-state index contributed by atoms with van der Waals surface area (Å²) in [5, 5.41) is 4.06. The molecule has 0 radical (unpaired) electrons. The van der Waals surface area contributed by atoms with Gasteiger partial charge in [-0.05, 0) is 42.7 Å². The lowest BCUT2D eigenvalue weighted by Gasteiger charge is -2.26. The van der Waals surface area contributed by atoms with Gasteiger partial charge >= 0.3 is 0 Å². The molecule has 3 heterocycles. The third kappa shape index (κ3) is 3.91. The lowest BCUT2D eigenvalue weighted by atomic mass is 10.1. The van der Waals surface area contributed by atoms with Gasteiger partial charge in [0.1, 0.15) is 0 Å². The largest absolute Gasteiger partial charge is 0.358 e. The molecule has 2 aromatic heterocycles. The maximum Gasteiger partial charge on any atom is 0.227 e. The first kappa shape index (κ1) is 18.2. The molecule has 1 aromatic carbocycles. The summed E-state index contributed by atoms with van der Waals surface area (Å²) in [6.07, 6.45) is 5.11. The maximum absolute atomic E-state index is 13.3. The van der Waals surface area contributed by atoms with Crippen LogP contribution in [0.3, 0.4) is 0 Å². The number of benzene rings is 1. The van der Waals surface area contributed by atoms with Crippen LogP contribution in [0, 0.1) is 6.92 Å². The minimum atomic E-state index is 0.0161. The van der Waals surface area contributed by atoms with Crippen LogP contribution in [0.2, 0.25) is 0 Å². The molecule has 0 unspecified atom stereocenters. The van der Waals surface area contributed by atoms with Gasteiger partial charge < -0.3 is 15.2 Å². The highest BCUT2D eigenvalue weighted by molar-refractivity contribution is 5.90. The predicted molar refractivity (Wildman–Crippen MR) is 108 cm³/mol. The average molecular weight is 376 g/mol. The molecule has 28 heavy (non-hydrogen) atoms. The van der Waals surface area contributed by atoms with Crippen molar-refractivity contribution in [3.63, 3.8) is 0 Å². The number of H-pyrrole nitrogens is 1. The van der Waals surface area contributed by atoms with E-state index in [1.807, 2.05) is 48.2 Å². The number of carbonyl (C=O) groups excluding carboxylic acids is 2. The lowest BCUT2D eigenvalue weighted by Crippen LogP contribution is -2.42. The molecule has 144 valence electrons. The van der Waals surface area contributed by atoms with Gasteiger partial charge in [0.25, 0.3) is 0 Å². The lowest BCUT2D eigenvalue weighted by molar-refractivity contribution is -0.131. The predicted octanol–water partition coefficient (Wildman–Crippen LogP) is 2.72. The smallest absolute Gasteiger partial charge is 0.227 e. The van der Waals surface area contributed by atoms with E-state index >= 15 is 0 Å². The van der Waals surface area contributed by atoms with Gasteiger partial charge in [0.05, 0.1) is 6.42 Å². The Hall–Kier alpha value is -3.15. The Morgan fingerprint density at radius 1 is 1.21 bits per heavy atom. The Morgan fingerprint density at radius 2 is 2.00 bits per heavy atom. The second kappa shape index (κ2) is 7.84. The normalized spacial score (nSPS) is 16.3. The van der Waals surface area contributed by atoms with Crippen LogP contribution in [0.5, 0.6) is 0 Å². The molecule has 2 N–H and O–H groups in total. The molecule has 4 rings (SSSR count). The van der Waals surface area contributed by atoms with Gasteiger partial charge in [-0.15, -0.1) is 0 Å². The summed E-state index contributed by atoms with van der Waals surface area (Å²) in [5.74, 6) is 0.125. The number of pyridine rings is 1. The zero-order chi connectivity index (χ0) is 19.5. The molecule has 0 aliphatic carbocycles. The number of nitrogens with one attached hydrogen (secondary N) is 2. The summed E-state index contributed by atoms with van der Waals surface area (Å²) in [5.41, 5.74) is 4.14. The van der Waals surface area contributed by atoms with Crippen LogP contribution < -0.4 is 5.32 Å². The van der Waals surface area contributed by atoms with Crippen molar-refractivity contribution >= 4 is 22.7 Å². The van der Waals surface area contributed by atoms with Crippen molar-refractivity contribution in [1.82, 2.24) is 20.2 Å². The van der Waals surface area contributed by atoms with Crippen LogP contribution in [-0.4, -0.2) is 39.3 Å². The van der Waals surface area contributed by atoms with Crippen LogP contribution in [0.15, 0.2) is 48.8 Å². The molecule has 1 saturated heterocycles. The number of carbonyl (C=O) groups is 2. The number of fused-ring (bicyclic) bond motifs is 1. The Morgan fingerprint density at radius 3 is 2.75 bits per heavy atom. The molecule has 1 aliphatic heterocycles. The van der Waals surface area contributed by atoms with E-state index < -0.39 is 0 Å². The molecule has 6 nitrogen and oxygen atoms in total. The molecular formula is C22H24N4O2. The molecule has 1 atom stereocenters.